The normalized spacial score (nSPS) is 11.0. The van der Waals surface area contributed by atoms with Gasteiger partial charge in [-0.05, 0) is 19.4 Å². The van der Waals surface area contributed by atoms with E-state index in [2.05, 4.69) is 35.4 Å². The molecule has 0 saturated heterocycles. The zero-order valence-electron chi connectivity index (χ0n) is 15.3. The molecule has 0 aliphatic rings. The third kappa shape index (κ3) is 11.6. The third-order valence-electron chi connectivity index (χ3n) is 4.05. The van der Waals surface area contributed by atoms with Crippen LogP contribution < -0.4 is 3.97 Å². The highest BCUT2D eigenvalue weighted by Crippen LogP contribution is 2.11. The molecule has 1 aromatic heterocycles. The molecule has 0 atom stereocenters. The second-order valence-corrected chi connectivity index (χ2v) is 7.31. The molecule has 1 rings (SSSR count). The minimum Gasteiger partial charge on any atom is -0.377 e. The van der Waals surface area contributed by atoms with Gasteiger partial charge in [0.05, 0.1) is 12.4 Å². The average molecular weight is 339 g/mol. The first-order valence-electron chi connectivity index (χ1n) is 9.58. The molecule has 23 heavy (non-hydrogen) atoms. The van der Waals surface area contributed by atoms with E-state index in [0.717, 1.165) is 13.2 Å². The highest BCUT2D eigenvalue weighted by molar-refractivity contribution is 7.92. The number of hydrogen-bond acceptors (Lipinski definition) is 2. The molecule has 0 saturated carbocycles. The van der Waals surface area contributed by atoms with Gasteiger partial charge >= 0.3 is 0 Å². The second-order valence-electron chi connectivity index (χ2n) is 6.22. The van der Waals surface area contributed by atoms with Crippen LogP contribution in [0.2, 0.25) is 0 Å². The summed E-state index contributed by atoms with van der Waals surface area (Å²) < 4.78 is 7.69. The summed E-state index contributed by atoms with van der Waals surface area (Å²) in [6.45, 7) is 5.82. The van der Waals surface area contributed by atoms with Gasteiger partial charge in [0.25, 0.3) is 0 Å². The average Bonchev–Trinajstić information content (AvgIpc) is 2.58. The molecule has 0 bridgehead atoms. The van der Waals surface area contributed by atoms with E-state index in [1.807, 2.05) is 18.9 Å². The van der Waals surface area contributed by atoms with E-state index in [-0.39, 0.29) is 0 Å². The number of ether oxygens (including phenoxy) is 1. The van der Waals surface area contributed by atoms with E-state index in [4.69, 9.17) is 4.74 Å². The van der Waals surface area contributed by atoms with Gasteiger partial charge in [0.2, 0.25) is 0 Å². The van der Waals surface area contributed by atoms with Gasteiger partial charge in [-0.1, -0.05) is 64.7 Å². The lowest BCUT2D eigenvalue weighted by molar-refractivity contribution is -0.495. The Labute approximate surface area is 148 Å². The predicted octanol–water partition coefficient (Wildman–Crippen LogP) is 5.93. The van der Waals surface area contributed by atoms with Crippen LogP contribution in [0.5, 0.6) is 0 Å². The summed E-state index contributed by atoms with van der Waals surface area (Å²) in [7, 11) is 0. The van der Waals surface area contributed by atoms with Crippen molar-refractivity contribution in [2.45, 2.75) is 84.7 Å². The largest absolute Gasteiger partial charge is 0.377 e. The summed E-state index contributed by atoms with van der Waals surface area (Å²) in [5.74, 6) is 1.21. The maximum atomic E-state index is 5.46. The second kappa shape index (κ2) is 15.0. The number of nitrogens with zero attached hydrogens (tertiary/aromatic N) is 1. The van der Waals surface area contributed by atoms with Crippen molar-refractivity contribution in [1.29, 1.82) is 0 Å². The van der Waals surface area contributed by atoms with Gasteiger partial charge in [-0.25, -0.2) is 0 Å². The standard InChI is InChI=1S/C20H36NOS/c1-3-5-6-7-8-9-10-11-12-13-17-23-21-16-14-15-20(18-21)19-22-4-2/h14-16,18H,3-13,17,19H2,1-2H3/q+1. The van der Waals surface area contributed by atoms with Crippen molar-refractivity contribution < 1.29 is 8.71 Å². The predicted molar refractivity (Wildman–Crippen MR) is 102 cm³/mol. The Kier molecular flexibility index (Phi) is 13.4. The first-order valence-corrected chi connectivity index (χ1v) is 10.5. The van der Waals surface area contributed by atoms with Gasteiger partial charge in [-0.3, -0.25) is 0 Å². The van der Waals surface area contributed by atoms with Crippen LogP contribution in [0, 0.1) is 0 Å². The summed E-state index contributed by atoms with van der Waals surface area (Å²) in [4.78, 5) is 0. The van der Waals surface area contributed by atoms with Gasteiger partial charge in [-0.2, -0.15) is 0 Å². The molecule has 132 valence electrons. The van der Waals surface area contributed by atoms with Gasteiger partial charge in [-0.15, -0.1) is 3.97 Å². The molecule has 3 heteroatoms. The molecule has 1 aromatic rings. The minimum atomic E-state index is 0.718. The van der Waals surface area contributed by atoms with Crippen molar-refractivity contribution in [3.05, 3.63) is 30.1 Å². The van der Waals surface area contributed by atoms with E-state index in [9.17, 15) is 0 Å². The van der Waals surface area contributed by atoms with Gasteiger partial charge in [0, 0.05) is 18.2 Å². The lowest BCUT2D eigenvalue weighted by Gasteiger charge is -2.02. The van der Waals surface area contributed by atoms with E-state index in [1.54, 1.807) is 0 Å². The maximum Gasteiger partial charge on any atom is 0.188 e. The summed E-state index contributed by atoms with van der Waals surface area (Å²) in [6, 6.07) is 4.24. The molecule has 0 unspecified atom stereocenters. The third-order valence-corrected chi connectivity index (χ3v) is 5.04. The molecule has 0 N–H and O–H groups in total. The molecule has 0 fully saturated rings. The fourth-order valence-electron chi connectivity index (χ4n) is 2.65. The monoisotopic (exact) mass is 338 g/mol. The van der Waals surface area contributed by atoms with Crippen LogP contribution in [0.3, 0.4) is 0 Å². The summed E-state index contributed by atoms with van der Waals surface area (Å²) in [5.41, 5.74) is 1.25. The summed E-state index contributed by atoms with van der Waals surface area (Å²) >= 11 is 1.91. The van der Waals surface area contributed by atoms with Crippen molar-refractivity contribution >= 4 is 11.9 Å². The van der Waals surface area contributed by atoms with E-state index < -0.39 is 0 Å². The lowest BCUT2D eigenvalue weighted by Crippen LogP contribution is -2.25. The Hall–Kier alpha value is -0.540. The molecular weight excluding hydrogens is 302 g/mol. The van der Waals surface area contributed by atoms with Gasteiger partial charge in [0.15, 0.2) is 24.3 Å². The quantitative estimate of drug-likeness (QED) is 0.290. The van der Waals surface area contributed by atoms with Crippen molar-refractivity contribution in [3.8, 4) is 0 Å². The zero-order valence-corrected chi connectivity index (χ0v) is 16.1. The number of rotatable bonds is 15. The van der Waals surface area contributed by atoms with Crippen molar-refractivity contribution in [3.63, 3.8) is 0 Å². The molecule has 0 aliphatic carbocycles. The Bertz CT molecular complexity index is 384. The van der Waals surface area contributed by atoms with Gasteiger partial charge in [0.1, 0.15) is 0 Å². The SMILES string of the molecule is CCCCCCCCCCCCS[n+]1cccc(COCC)c1. The molecule has 0 aliphatic heterocycles. The highest BCUT2D eigenvalue weighted by Gasteiger charge is 2.04. The fraction of sp³-hybridized carbons (Fsp3) is 0.750. The van der Waals surface area contributed by atoms with Crippen LogP contribution in [-0.4, -0.2) is 12.4 Å². The molecule has 1 heterocycles. The van der Waals surface area contributed by atoms with Crippen molar-refractivity contribution in [1.82, 2.24) is 0 Å². The van der Waals surface area contributed by atoms with Crippen molar-refractivity contribution in [2.24, 2.45) is 0 Å². The van der Waals surface area contributed by atoms with Crippen LogP contribution in [-0.2, 0) is 11.3 Å². The van der Waals surface area contributed by atoms with E-state index in [0.29, 0.717) is 0 Å². The Morgan fingerprint density at radius 2 is 1.57 bits per heavy atom. The summed E-state index contributed by atoms with van der Waals surface area (Å²) in [5, 5.41) is 0. The Morgan fingerprint density at radius 1 is 0.913 bits per heavy atom. The molecule has 0 spiro atoms. The molecular formula is C20H36NOS+. The van der Waals surface area contributed by atoms with Crippen LogP contribution >= 0.6 is 11.9 Å². The highest BCUT2D eigenvalue weighted by atomic mass is 32.2. The first kappa shape index (κ1) is 20.5. The fourth-order valence-corrected chi connectivity index (χ4v) is 3.56. The Morgan fingerprint density at radius 3 is 2.22 bits per heavy atom. The van der Waals surface area contributed by atoms with Gasteiger partial charge < -0.3 is 4.74 Å². The smallest absolute Gasteiger partial charge is 0.188 e. The first-order chi connectivity index (χ1) is 11.4. The number of unbranched alkanes of at least 4 members (excludes halogenated alkanes) is 9. The molecule has 0 radical (unpaired) electrons. The number of hydrogen-bond donors (Lipinski definition) is 0. The van der Waals surface area contributed by atoms with Crippen molar-refractivity contribution in [2.75, 3.05) is 12.4 Å². The van der Waals surface area contributed by atoms with E-state index in [1.165, 1.54) is 75.5 Å². The van der Waals surface area contributed by atoms with E-state index >= 15 is 0 Å². The topological polar surface area (TPSA) is 13.1 Å². The molecule has 0 amide bonds. The molecule has 2 nitrogen and oxygen atoms in total. The van der Waals surface area contributed by atoms with Crippen LogP contribution in [0.4, 0.5) is 0 Å². The maximum absolute atomic E-state index is 5.46. The van der Waals surface area contributed by atoms with Crippen LogP contribution in [0.25, 0.3) is 0 Å². The lowest BCUT2D eigenvalue weighted by atomic mass is 10.1. The van der Waals surface area contributed by atoms with Crippen LogP contribution in [0.15, 0.2) is 24.5 Å². The molecule has 0 aromatic carbocycles. The van der Waals surface area contributed by atoms with Crippen LogP contribution in [0.1, 0.15) is 83.6 Å². The number of aromatic nitrogens is 1. The summed E-state index contributed by atoms with van der Waals surface area (Å²) in [6.07, 6.45) is 18.4. The minimum absolute atomic E-state index is 0.718. The number of pyridine rings is 1. The zero-order chi connectivity index (χ0) is 16.6. The Balaban J connectivity index is 1.96.